The molecule has 0 aromatic rings. The van der Waals surface area contributed by atoms with E-state index in [-0.39, 0.29) is 17.9 Å². The van der Waals surface area contributed by atoms with Crippen LogP contribution in [0.4, 0.5) is 0 Å². The van der Waals surface area contributed by atoms with E-state index in [1.807, 2.05) is 4.90 Å². The second kappa shape index (κ2) is 4.79. The Hall–Kier alpha value is -0.650. The molecule has 3 rings (SSSR count). The Balaban J connectivity index is 1.69. The van der Waals surface area contributed by atoms with Gasteiger partial charge in [-0.2, -0.15) is 0 Å². The zero-order chi connectivity index (χ0) is 12.7. The van der Waals surface area contributed by atoms with Crippen molar-refractivity contribution in [1.82, 2.24) is 9.80 Å². The first-order valence-corrected chi connectivity index (χ1v) is 7.04. The fourth-order valence-electron chi connectivity index (χ4n) is 3.53. The van der Waals surface area contributed by atoms with Gasteiger partial charge in [0.15, 0.2) is 0 Å². The number of fused-ring (bicyclic) bond motifs is 1. The largest absolute Gasteiger partial charge is 0.379 e. The Bertz CT molecular complexity index is 336. The second-order valence-electron chi connectivity index (χ2n) is 5.94. The molecule has 4 atom stereocenters. The highest BCUT2D eigenvalue weighted by Crippen LogP contribution is 2.26. The fourth-order valence-corrected chi connectivity index (χ4v) is 3.53. The third-order valence-corrected chi connectivity index (χ3v) is 4.66. The summed E-state index contributed by atoms with van der Waals surface area (Å²) in [4.78, 5) is 17.1. The molecule has 4 unspecified atom stereocenters. The van der Waals surface area contributed by atoms with Gasteiger partial charge in [0, 0.05) is 31.2 Å². The summed E-state index contributed by atoms with van der Waals surface area (Å²) in [5, 5.41) is 0. The summed E-state index contributed by atoms with van der Waals surface area (Å²) in [6, 6.07) is 0.759. The van der Waals surface area contributed by atoms with Crippen LogP contribution in [-0.4, -0.2) is 66.7 Å². The maximum Gasteiger partial charge on any atom is 0.230 e. The molecule has 102 valence electrons. The molecule has 5 nitrogen and oxygen atoms in total. The van der Waals surface area contributed by atoms with E-state index in [9.17, 15) is 4.79 Å². The molecular formula is C13H23N3O2. The first-order chi connectivity index (χ1) is 8.66. The number of hydrogen-bond acceptors (Lipinski definition) is 4. The van der Waals surface area contributed by atoms with E-state index in [1.165, 1.54) is 19.4 Å². The molecule has 3 saturated heterocycles. The zero-order valence-corrected chi connectivity index (χ0v) is 11.0. The summed E-state index contributed by atoms with van der Waals surface area (Å²) < 4.78 is 5.32. The zero-order valence-electron chi connectivity index (χ0n) is 11.0. The van der Waals surface area contributed by atoms with Gasteiger partial charge in [0.1, 0.15) is 0 Å². The van der Waals surface area contributed by atoms with E-state index in [2.05, 4.69) is 11.8 Å². The molecule has 0 spiro atoms. The Morgan fingerprint density at radius 2 is 2.17 bits per heavy atom. The topological polar surface area (TPSA) is 58.8 Å². The van der Waals surface area contributed by atoms with Gasteiger partial charge in [-0.25, -0.2) is 0 Å². The first-order valence-electron chi connectivity index (χ1n) is 7.04. The lowest BCUT2D eigenvalue weighted by atomic mass is 9.99. The van der Waals surface area contributed by atoms with Crippen LogP contribution in [0.3, 0.4) is 0 Å². The van der Waals surface area contributed by atoms with Crippen molar-refractivity contribution in [3.63, 3.8) is 0 Å². The molecule has 3 aliphatic rings. The molecule has 0 aliphatic carbocycles. The van der Waals surface area contributed by atoms with Crippen molar-refractivity contribution in [1.29, 1.82) is 0 Å². The van der Waals surface area contributed by atoms with Gasteiger partial charge < -0.3 is 15.4 Å². The normalized spacial score (nSPS) is 41.1. The third kappa shape index (κ3) is 2.04. The molecule has 1 amide bonds. The van der Waals surface area contributed by atoms with Crippen molar-refractivity contribution >= 4 is 5.91 Å². The number of ether oxygens (including phenoxy) is 1. The average Bonchev–Trinajstić information content (AvgIpc) is 2.95. The van der Waals surface area contributed by atoms with E-state index in [0.29, 0.717) is 25.3 Å². The number of piperazine rings is 1. The molecule has 3 aliphatic heterocycles. The van der Waals surface area contributed by atoms with Gasteiger partial charge in [0.2, 0.25) is 5.91 Å². The summed E-state index contributed by atoms with van der Waals surface area (Å²) in [6.07, 6.45) is 2.50. The van der Waals surface area contributed by atoms with Crippen molar-refractivity contribution in [2.45, 2.75) is 37.9 Å². The van der Waals surface area contributed by atoms with E-state index < -0.39 is 0 Å². The lowest BCUT2D eigenvalue weighted by Crippen LogP contribution is -2.59. The highest BCUT2D eigenvalue weighted by molar-refractivity contribution is 5.80. The number of nitrogens with two attached hydrogens (primary N) is 1. The summed E-state index contributed by atoms with van der Waals surface area (Å²) in [6.45, 7) is 6.26. The maximum atomic E-state index is 12.6. The second-order valence-corrected chi connectivity index (χ2v) is 5.94. The van der Waals surface area contributed by atoms with Crippen molar-refractivity contribution in [2.75, 3.05) is 32.8 Å². The van der Waals surface area contributed by atoms with Gasteiger partial charge in [-0.15, -0.1) is 0 Å². The van der Waals surface area contributed by atoms with Crippen molar-refractivity contribution < 1.29 is 9.53 Å². The van der Waals surface area contributed by atoms with Crippen LogP contribution in [0.15, 0.2) is 0 Å². The van der Waals surface area contributed by atoms with Crippen LogP contribution in [0.2, 0.25) is 0 Å². The summed E-state index contributed by atoms with van der Waals surface area (Å²) >= 11 is 0. The highest BCUT2D eigenvalue weighted by atomic mass is 16.5. The quantitative estimate of drug-likeness (QED) is 0.694. The van der Waals surface area contributed by atoms with Gasteiger partial charge in [-0.1, -0.05) is 0 Å². The van der Waals surface area contributed by atoms with Gasteiger partial charge in [-0.05, 0) is 26.3 Å². The van der Waals surface area contributed by atoms with Crippen LogP contribution >= 0.6 is 0 Å². The molecular weight excluding hydrogens is 230 g/mol. The number of carbonyl (C=O) groups is 1. The minimum atomic E-state index is -0.125. The van der Waals surface area contributed by atoms with Gasteiger partial charge >= 0.3 is 0 Å². The summed E-state index contributed by atoms with van der Waals surface area (Å²) in [5.74, 6) is 0.0828. The lowest BCUT2D eigenvalue weighted by Gasteiger charge is -2.43. The van der Waals surface area contributed by atoms with Crippen LogP contribution in [0.5, 0.6) is 0 Å². The number of amides is 1. The number of rotatable bonds is 1. The number of nitrogens with zero attached hydrogens (tertiary/aromatic N) is 2. The number of carbonyl (C=O) groups excluding carboxylic acids is 1. The standard InChI is InChI=1S/C13H23N3O2/c1-9-5-15-4-2-3-10(15)6-16(9)13(17)11-7-18-8-12(11)14/h9-12H,2-8,14H2,1H3. The molecule has 5 heteroatoms. The fraction of sp³-hybridized carbons (Fsp3) is 0.923. The van der Waals surface area contributed by atoms with Crippen LogP contribution in [-0.2, 0) is 9.53 Å². The SMILES string of the molecule is CC1CN2CCCC2CN1C(=O)C1COCC1N. The van der Waals surface area contributed by atoms with Crippen LogP contribution < -0.4 is 5.73 Å². The Morgan fingerprint density at radius 1 is 1.33 bits per heavy atom. The average molecular weight is 253 g/mol. The summed E-state index contributed by atoms with van der Waals surface area (Å²) in [5.41, 5.74) is 5.96. The molecule has 3 heterocycles. The minimum Gasteiger partial charge on any atom is -0.379 e. The highest BCUT2D eigenvalue weighted by Gasteiger charge is 2.41. The van der Waals surface area contributed by atoms with Gasteiger partial charge in [0.25, 0.3) is 0 Å². The van der Waals surface area contributed by atoms with Crippen molar-refractivity contribution in [2.24, 2.45) is 11.7 Å². The summed E-state index contributed by atoms with van der Waals surface area (Å²) in [7, 11) is 0. The first kappa shape index (κ1) is 12.4. The molecule has 0 radical (unpaired) electrons. The predicted molar refractivity (Wildman–Crippen MR) is 68.1 cm³/mol. The van der Waals surface area contributed by atoms with Gasteiger partial charge in [0.05, 0.1) is 19.1 Å². The number of hydrogen-bond donors (Lipinski definition) is 1. The molecule has 2 N–H and O–H groups in total. The molecule has 3 fully saturated rings. The van der Waals surface area contributed by atoms with E-state index in [4.69, 9.17) is 10.5 Å². The predicted octanol–water partition coefficient (Wildman–Crippen LogP) is -0.345. The minimum absolute atomic E-state index is 0.119. The van der Waals surface area contributed by atoms with Crippen molar-refractivity contribution in [3.05, 3.63) is 0 Å². The van der Waals surface area contributed by atoms with Gasteiger partial charge in [-0.3, -0.25) is 9.69 Å². The molecule has 0 bridgehead atoms. The van der Waals surface area contributed by atoms with E-state index in [1.54, 1.807) is 0 Å². The van der Waals surface area contributed by atoms with Crippen LogP contribution in [0.25, 0.3) is 0 Å². The lowest BCUT2D eigenvalue weighted by molar-refractivity contribution is -0.141. The Morgan fingerprint density at radius 3 is 2.89 bits per heavy atom. The molecule has 0 aromatic carbocycles. The van der Waals surface area contributed by atoms with Crippen molar-refractivity contribution in [3.8, 4) is 0 Å². The van der Waals surface area contributed by atoms with E-state index >= 15 is 0 Å². The smallest absolute Gasteiger partial charge is 0.230 e. The Kier molecular flexibility index (Phi) is 3.30. The van der Waals surface area contributed by atoms with Crippen LogP contribution in [0.1, 0.15) is 19.8 Å². The third-order valence-electron chi connectivity index (χ3n) is 4.66. The molecule has 0 aromatic heterocycles. The monoisotopic (exact) mass is 253 g/mol. The van der Waals surface area contributed by atoms with E-state index in [0.717, 1.165) is 13.1 Å². The maximum absolute atomic E-state index is 12.6. The Labute approximate surface area is 108 Å². The molecule has 18 heavy (non-hydrogen) atoms. The molecule has 0 saturated carbocycles. The van der Waals surface area contributed by atoms with Crippen LogP contribution in [0, 0.1) is 5.92 Å².